The van der Waals surface area contributed by atoms with Crippen LogP contribution in [-0.2, 0) is 6.54 Å². The zero-order chi connectivity index (χ0) is 11.2. The number of hydrogen-bond acceptors (Lipinski definition) is 2. The maximum Gasteiger partial charge on any atom is 0.118 e. The summed E-state index contributed by atoms with van der Waals surface area (Å²) in [5.74, 6) is 0.872. The van der Waals surface area contributed by atoms with E-state index in [4.69, 9.17) is 4.74 Å². The first-order chi connectivity index (χ1) is 7.88. The lowest BCUT2D eigenvalue weighted by Crippen LogP contribution is -1.86. The van der Waals surface area contributed by atoms with Crippen LogP contribution in [0.2, 0.25) is 0 Å². The zero-order valence-corrected chi connectivity index (χ0v) is 9.18. The standard InChI is InChI=1S/C13H14N2O/c1-16-13-6-4-11(5-7-13)9-14-10-12-3-2-8-15-12/h2-8,10,15H,9H2,1H3. The predicted molar refractivity (Wildman–Crippen MR) is 65.1 cm³/mol. The molecule has 0 radical (unpaired) electrons. The van der Waals surface area contributed by atoms with Gasteiger partial charge in [0.2, 0.25) is 0 Å². The Morgan fingerprint density at radius 3 is 2.69 bits per heavy atom. The smallest absolute Gasteiger partial charge is 0.118 e. The summed E-state index contributed by atoms with van der Waals surface area (Å²) in [6.45, 7) is 0.684. The summed E-state index contributed by atoms with van der Waals surface area (Å²) >= 11 is 0. The number of aromatic amines is 1. The molecule has 0 aliphatic carbocycles. The molecule has 0 amide bonds. The van der Waals surface area contributed by atoms with Crippen molar-refractivity contribution in [2.75, 3.05) is 7.11 Å². The van der Waals surface area contributed by atoms with Gasteiger partial charge in [-0.3, -0.25) is 4.99 Å². The molecule has 3 heteroatoms. The lowest BCUT2D eigenvalue weighted by atomic mass is 10.2. The number of nitrogens with zero attached hydrogens (tertiary/aromatic N) is 1. The maximum atomic E-state index is 5.09. The third-order valence-electron chi connectivity index (χ3n) is 2.29. The van der Waals surface area contributed by atoms with E-state index >= 15 is 0 Å². The summed E-state index contributed by atoms with van der Waals surface area (Å²) in [6.07, 6.45) is 3.72. The molecule has 0 bridgehead atoms. The molecule has 82 valence electrons. The lowest BCUT2D eigenvalue weighted by molar-refractivity contribution is 0.414. The molecule has 0 unspecified atom stereocenters. The molecule has 1 heterocycles. The Balaban J connectivity index is 1.94. The molecule has 1 N–H and O–H groups in total. The fraction of sp³-hybridized carbons (Fsp3) is 0.154. The molecule has 2 rings (SSSR count). The maximum absolute atomic E-state index is 5.09. The fourth-order valence-corrected chi connectivity index (χ4v) is 1.40. The SMILES string of the molecule is COc1ccc(CN=Cc2ccc[nH]2)cc1. The monoisotopic (exact) mass is 214 g/mol. The van der Waals surface area contributed by atoms with Crippen LogP contribution in [-0.4, -0.2) is 18.3 Å². The van der Waals surface area contributed by atoms with E-state index in [1.54, 1.807) is 7.11 Å². The van der Waals surface area contributed by atoms with E-state index in [2.05, 4.69) is 9.98 Å². The van der Waals surface area contributed by atoms with E-state index in [-0.39, 0.29) is 0 Å². The van der Waals surface area contributed by atoms with Crippen LogP contribution in [0.5, 0.6) is 5.75 Å². The van der Waals surface area contributed by atoms with Gasteiger partial charge in [0, 0.05) is 12.4 Å². The first-order valence-corrected chi connectivity index (χ1v) is 5.14. The van der Waals surface area contributed by atoms with Gasteiger partial charge in [0.25, 0.3) is 0 Å². The summed E-state index contributed by atoms with van der Waals surface area (Å²) in [4.78, 5) is 7.41. The second kappa shape index (κ2) is 5.16. The minimum atomic E-state index is 0.684. The number of aromatic nitrogens is 1. The number of aliphatic imine (C=N–C) groups is 1. The minimum absolute atomic E-state index is 0.684. The molecule has 0 aliphatic heterocycles. The van der Waals surface area contributed by atoms with E-state index in [9.17, 15) is 0 Å². The van der Waals surface area contributed by atoms with Crippen molar-refractivity contribution in [2.24, 2.45) is 4.99 Å². The highest BCUT2D eigenvalue weighted by Gasteiger charge is 1.92. The molecule has 0 fully saturated rings. The minimum Gasteiger partial charge on any atom is -0.497 e. The molecular formula is C13H14N2O. The predicted octanol–water partition coefficient (Wildman–Crippen LogP) is 2.64. The zero-order valence-electron chi connectivity index (χ0n) is 9.18. The molecule has 0 aliphatic rings. The van der Waals surface area contributed by atoms with E-state index in [1.807, 2.05) is 48.8 Å². The summed E-state index contributed by atoms with van der Waals surface area (Å²) in [7, 11) is 1.67. The molecule has 1 aromatic heterocycles. The summed E-state index contributed by atoms with van der Waals surface area (Å²) in [5.41, 5.74) is 2.19. The first kappa shape index (κ1) is 10.5. The average molecular weight is 214 g/mol. The number of ether oxygens (including phenoxy) is 1. The van der Waals surface area contributed by atoms with Gasteiger partial charge >= 0.3 is 0 Å². The molecule has 2 aromatic rings. The van der Waals surface area contributed by atoms with Crippen molar-refractivity contribution in [3.8, 4) is 5.75 Å². The van der Waals surface area contributed by atoms with Crippen molar-refractivity contribution in [3.63, 3.8) is 0 Å². The number of hydrogen-bond donors (Lipinski definition) is 1. The van der Waals surface area contributed by atoms with Crippen LogP contribution in [0, 0.1) is 0 Å². The number of nitrogens with one attached hydrogen (secondary N) is 1. The van der Waals surface area contributed by atoms with Crippen molar-refractivity contribution in [1.82, 2.24) is 4.98 Å². The van der Waals surface area contributed by atoms with Gasteiger partial charge in [0.15, 0.2) is 0 Å². The van der Waals surface area contributed by atoms with Gasteiger partial charge in [0.1, 0.15) is 5.75 Å². The van der Waals surface area contributed by atoms with Crippen molar-refractivity contribution in [3.05, 3.63) is 53.9 Å². The van der Waals surface area contributed by atoms with E-state index in [1.165, 1.54) is 5.56 Å². The topological polar surface area (TPSA) is 37.4 Å². The Morgan fingerprint density at radius 2 is 2.06 bits per heavy atom. The van der Waals surface area contributed by atoms with Crippen LogP contribution in [0.25, 0.3) is 0 Å². The molecule has 3 nitrogen and oxygen atoms in total. The van der Waals surface area contributed by atoms with Gasteiger partial charge < -0.3 is 9.72 Å². The van der Waals surface area contributed by atoms with E-state index < -0.39 is 0 Å². The molecule has 0 atom stereocenters. The third-order valence-corrected chi connectivity index (χ3v) is 2.29. The van der Waals surface area contributed by atoms with Gasteiger partial charge in [-0.05, 0) is 29.8 Å². The summed E-state index contributed by atoms with van der Waals surface area (Å²) in [5, 5.41) is 0. The van der Waals surface area contributed by atoms with Crippen LogP contribution in [0.3, 0.4) is 0 Å². The number of H-pyrrole nitrogens is 1. The van der Waals surface area contributed by atoms with Crippen LogP contribution in [0.1, 0.15) is 11.3 Å². The van der Waals surface area contributed by atoms with Crippen molar-refractivity contribution in [2.45, 2.75) is 6.54 Å². The van der Waals surface area contributed by atoms with Gasteiger partial charge in [-0.2, -0.15) is 0 Å². The summed E-state index contributed by atoms with van der Waals surface area (Å²) < 4.78 is 5.09. The third kappa shape index (κ3) is 2.73. The van der Waals surface area contributed by atoms with Gasteiger partial charge in [0.05, 0.1) is 19.3 Å². The van der Waals surface area contributed by atoms with Crippen LogP contribution >= 0.6 is 0 Å². The lowest BCUT2D eigenvalue weighted by Gasteiger charge is -2.00. The normalized spacial score (nSPS) is 10.8. The van der Waals surface area contributed by atoms with Gasteiger partial charge in [-0.15, -0.1) is 0 Å². The van der Waals surface area contributed by atoms with Crippen molar-refractivity contribution in [1.29, 1.82) is 0 Å². The highest BCUT2D eigenvalue weighted by atomic mass is 16.5. The average Bonchev–Trinajstić information content (AvgIpc) is 2.83. The number of benzene rings is 1. The van der Waals surface area contributed by atoms with Gasteiger partial charge in [-0.25, -0.2) is 0 Å². The molecule has 0 saturated heterocycles. The van der Waals surface area contributed by atoms with Crippen molar-refractivity contribution < 1.29 is 4.74 Å². The molecule has 0 spiro atoms. The number of methoxy groups -OCH3 is 1. The van der Waals surface area contributed by atoms with Gasteiger partial charge in [-0.1, -0.05) is 12.1 Å². The Hall–Kier alpha value is -2.03. The quantitative estimate of drug-likeness (QED) is 0.780. The fourth-order valence-electron chi connectivity index (χ4n) is 1.40. The van der Waals surface area contributed by atoms with Crippen LogP contribution in [0.15, 0.2) is 47.6 Å². The number of rotatable bonds is 4. The van der Waals surface area contributed by atoms with Crippen LogP contribution in [0.4, 0.5) is 0 Å². The van der Waals surface area contributed by atoms with E-state index in [0.717, 1.165) is 11.4 Å². The Kier molecular flexibility index (Phi) is 3.38. The van der Waals surface area contributed by atoms with E-state index in [0.29, 0.717) is 6.54 Å². The largest absolute Gasteiger partial charge is 0.497 e. The highest BCUT2D eigenvalue weighted by Crippen LogP contribution is 2.11. The molecular weight excluding hydrogens is 200 g/mol. The Bertz CT molecular complexity index is 443. The Morgan fingerprint density at radius 1 is 1.25 bits per heavy atom. The molecule has 0 saturated carbocycles. The second-order valence-corrected chi connectivity index (χ2v) is 3.44. The first-order valence-electron chi connectivity index (χ1n) is 5.14. The molecule has 1 aromatic carbocycles. The summed E-state index contributed by atoms with van der Waals surface area (Å²) in [6, 6.07) is 11.9. The highest BCUT2D eigenvalue weighted by molar-refractivity contribution is 5.76. The molecule has 16 heavy (non-hydrogen) atoms. The second-order valence-electron chi connectivity index (χ2n) is 3.44. The van der Waals surface area contributed by atoms with Crippen molar-refractivity contribution >= 4 is 6.21 Å². The Labute approximate surface area is 94.8 Å². The van der Waals surface area contributed by atoms with Crippen LogP contribution < -0.4 is 4.74 Å².